The predicted octanol–water partition coefficient (Wildman–Crippen LogP) is 4.32. The van der Waals surface area contributed by atoms with Gasteiger partial charge in [-0.25, -0.2) is 18.4 Å². The van der Waals surface area contributed by atoms with E-state index in [4.69, 9.17) is 9.47 Å². The molecule has 0 bridgehead atoms. The quantitative estimate of drug-likeness (QED) is 0.628. The highest BCUT2D eigenvalue weighted by molar-refractivity contribution is 5.83. The number of amides is 2. The molecule has 1 aromatic heterocycles. The number of hydrogen-bond donors (Lipinski definition) is 3. The first kappa shape index (κ1) is 21.1. The number of rotatable bonds is 6. The number of ether oxygens (including phenoxy) is 2. The highest BCUT2D eigenvalue weighted by Gasteiger charge is 2.69. The number of H-pyrrole nitrogens is 1. The van der Waals surface area contributed by atoms with Crippen LogP contribution in [0.4, 0.5) is 24.2 Å². The van der Waals surface area contributed by atoms with Gasteiger partial charge in [-0.05, 0) is 31.7 Å². The van der Waals surface area contributed by atoms with Gasteiger partial charge in [0.25, 0.3) is 5.92 Å². The van der Waals surface area contributed by atoms with Crippen molar-refractivity contribution < 1.29 is 27.8 Å². The van der Waals surface area contributed by atoms with Crippen LogP contribution in [-0.2, 0) is 16.1 Å². The number of aromatic amines is 1. The van der Waals surface area contributed by atoms with Crippen LogP contribution in [0.15, 0.2) is 36.4 Å². The van der Waals surface area contributed by atoms with Crippen LogP contribution in [0.1, 0.15) is 49.8 Å². The first-order valence-electron chi connectivity index (χ1n) is 10.1. The Morgan fingerprint density at radius 2 is 1.97 bits per heavy atom. The van der Waals surface area contributed by atoms with Gasteiger partial charge in [-0.2, -0.15) is 5.10 Å². The number of carbonyl (C=O) groups excluding carboxylic acids is 2. The molecule has 1 heterocycles. The molecule has 10 heteroatoms. The summed E-state index contributed by atoms with van der Waals surface area (Å²) in [6.07, 6.45) is -0.273. The van der Waals surface area contributed by atoms with E-state index in [1.807, 2.05) is 30.3 Å². The second kappa shape index (κ2) is 8.16. The zero-order valence-electron chi connectivity index (χ0n) is 17.0. The average molecular weight is 434 g/mol. The standard InChI is InChI=1S/C21H24F2N4O4/c1-20(12-21(20,22)23)25-19(29)31-15-8-7-14(9-15)16-10-17(27-26-16)24-18(28)30-11-13-5-3-2-4-6-13/h2-6,10,14-15H,7-9,11-12H2,1H3,(H,25,29)(H2,24,26,27,28)/t14-,15+,20?/m0/s1. The monoisotopic (exact) mass is 434 g/mol. The summed E-state index contributed by atoms with van der Waals surface area (Å²) in [5.74, 6) is -2.50. The Morgan fingerprint density at radius 1 is 1.23 bits per heavy atom. The number of halogens is 2. The second-order valence-corrected chi connectivity index (χ2v) is 8.27. The lowest BCUT2D eigenvalue weighted by molar-refractivity contribution is 0.0657. The minimum absolute atomic E-state index is 0.0548. The molecule has 3 atom stereocenters. The third kappa shape index (κ3) is 4.95. The Labute approximate surface area is 177 Å². The Hall–Kier alpha value is -3.17. The smallest absolute Gasteiger partial charge is 0.413 e. The first-order valence-corrected chi connectivity index (χ1v) is 10.1. The van der Waals surface area contributed by atoms with Gasteiger partial charge in [0.2, 0.25) is 0 Å². The van der Waals surface area contributed by atoms with Gasteiger partial charge < -0.3 is 14.8 Å². The molecule has 4 rings (SSSR count). The van der Waals surface area contributed by atoms with Crippen molar-refractivity contribution in [3.8, 4) is 0 Å². The molecule has 8 nitrogen and oxygen atoms in total. The van der Waals surface area contributed by atoms with E-state index in [0.717, 1.165) is 17.7 Å². The molecule has 1 aromatic carbocycles. The van der Waals surface area contributed by atoms with Gasteiger partial charge in [-0.3, -0.25) is 10.4 Å². The molecule has 2 fully saturated rings. The Morgan fingerprint density at radius 3 is 2.68 bits per heavy atom. The molecule has 2 aliphatic rings. The summed E-state index contributed by atoms with van der Waals surface area (Å²) in [5, 5.41) is 11.8. The fraction of sp³-hybridized carbons (Fsp3) is 0.476. The number of nitrogens with zero attached hydrogens (tertiary/aromatic N) is 1. The molecule has 2 aromatic rings. The SMILES string of the molecule is CC1(NC(=O)O[C@@H]2CC[C@H](c3cc(NC(=O)OCc4ccccc4)n[nH]3)C2)CC1(F)F. The van der Waals surface area contributed by atoms with Crippen molar-refractivity contribution in [1.29, 1.82) is 0 Å². The molecule has 2 aliphatic carbocycles. The van der Waals surface area contributed by atoms with Crippen molar-refractivity contribution in [1.82, 2.24) is 15.5 Å². The molecule has 2 saturated carbocycles. The Bertz CT molecular complexity index is 952. The zero-order valence-corrected chi connectivity index (χ0v) is 17.0. The molecule has 166 valence electrons. The minimum Gasteiger partial charge on any atom is -0.446 e. The summed E-state index contributed by atoms with van der Waals surface area (Å²) in [5.41, 5.74) is 0.160. The van der Waals surface area contributed by atoms with Gasteiger partial charge in [0.15, 0.2) is 5.82 Å². The molecule has 1 unspecified atom stereocenters. The third-order valence-corrected chi connectivity index (χ3v) is 5.77. The number of carbonyl (C=O) groups is 2. The summed E-state index contributed by atoms with van der Waals surface area (Å²) in [4.78, 5) is 23.9. The molecule has 31 heavy (non-hydrogen) atoms. The minimum atomic E-state index is -2.88. The van der Waals surface area contributed by atoms with E-state index in [0.29, 0.717) is 18.7 Å². The van der Waals surface area contributed by atoms with Crippen LogP contribution in [-0.4, -0.2) is 39.9 Å². The van der Waals surface area contributed by atoms with Gasteiger partial charge in [0.1, 0.15) is 18.2 Å². The van der Waals surface area contributed by atoms with E-state index in [1.54, 1.807) is 6.07 Å². The molecule has 0 radical (unpaired) electrons. The molecule has 3 N–H and O–H groups in total. The first-order chi connectivity index (χ1) is 14.7. The van der Waals surface area contributed by atoms with Crippen LogP contribution in [0.5, 0.6) is 0 Å². The van der Waals surface area contributed by atoms with Crippen molar-refractivity contribution in [2.75, 3.05) is 5.32 Å². The van der Waals surface area contributed by atoms with Gasteiger partial charge in [-0.1, -0.05) is 30.3 Å². The van der Waals surface area contributed by atoms with E-state index in [-0.39, 0.29) is 25.0 Å². The Kier molecular flexibility index (Phi) is 5.55. The summed E-state index contributed by atoms with van der Waals surface area (Å²) in [6, 6.07) is 11.0. The van der Waals surface area contributed by atoms with E-state index >= 15 is 0 Å². The van der Waals surface area contributed by atoms with E-state index in [2.05, 4.69) is 20.8 Å². The number of nitrogens with one attached hydrogen (secondary N) is 3. The van der Waals surface area contributed by atoms with Crippen LogP contribution < -0.4 is 10.6 Å². The van der Waals surface area contributed by atoms with Crippen molar-refractivity contribution in [2.45, 2.75) is 62.7 Å². The van der Waals surface area contributed by atoms with Crippen molar-refractivity contribution in [3.05, 3.63) is 47.7 Å². The van der Waals surface area contributed by atoms with E-state index in [9.17, 15) is 18.4 Å². The summed E-state index contributed by atoms with van der Waals surface area (Å²) in [6.45, 7) is 1.45. The number of alkyl carbamates (subject to hydrolysis) is 1. The van der Waals surface area contributed by atoms with E-state index < -0.39 is 23.6 Å². The number of anilines is 1. The maximum atomic E-state index is 13.2. The van der Waals surface area contributed by atoms with Crippen LogP contribution >= 0.6 is 0 Å². The molecule has 0 spiro atoms. The highest BCUT2D eigenvalue weighted by atomic mass is 19.3. The van der Waals surface area contributed by atoms with Crippen LogP contribution in [0.3, 0.4) is 0 Å². The predicted molar refractivity (Wildman–Crippen MR) is 107 cm³/mol. The van der Waals surface area contributed by atoms with Gasteiger partial charge in [-0.15, -0.1) is 0 Å². The average Bonchev–Trinajstić information content (AvgIpc) is 3.14. The van der Waals surface area contributed by atoms with Gasteiger partial charge >= 0.3 is 12.2 Å². The summed E-state index contributed by atoms with van der Waals surface area (Å²) < 4.78 is 37.0. The van der Waals surface area contributed by atoms with E-state index in [1.165, 1.54) is 6.92 Å². The fourth-order valence-electron chi connectivity index (χ4n) is 3.74. The number of alkyl halides is 2. The zero-order chi connectivity index (χ0) is 22.1. The normalized spacial score (nSPS) is 26.2. The van der Waals surface area contributed by atoms with Crippen LogP contribution in [0.2, 0.25) is 0 Å². The molecular weight excluding hydrogens is 410 g/mol. The topological polar surface area (TPSA) is 105 Å². The molecule has 0 saturated heterocycles. The van der Waals surface area contributed by atoms with Crippen LogP contribution in [0, 0.1) is 0 Å². The van der Waals surface area contributed by atoms with Gasteiger partial charge in [0.05, 0.1) is 0 Å². The summed E-state index contributed by atoms with van der Waals surface area (Å²) >= 11 is 0. The van der Waals surface area contributed by atoms with Crippen LogP contribution in [0.25, 0.3) is 0 Å². The molecule has 0 aliphatic heterocycles. The highest BCUT2D eigenvalue weighted by Crippen LogP contribution is 2.52. The van der Waals surface area contributed by atoms with Crippen molar-refractivity contribution >= 4 is 18.0 Å². The largest absolute Gasteiger partial charge is 0.446 e. The number of benzene rings is 1. The number of hydrogen-bond acceptors (Lipinski definition) is 5. The van der Waals surface area contributed by atoms with Crippen molar-refractivity contribution in [3.63, 3.8) is 0 Å². The second-order valence-electron chi connectivity index (χ2n) is 8.27. The lowest BCUT2D eigenvalue weighted by Crippen LogP contribution is -2.40. The lowest BCUT2D eigenvalue weighted by atomic mass is 10.0. The lowest BCUT2D eigenvalue weighted by Gasteiger charge is -2.16. The maximum absolute atomic E-state index is 13.2. The third-order valence-electron chi connectivity index (χ3n) is 5.77. The maximum Gasteiger partial charge on any atom is 0.413 e. The van der Waals surface area contributed by atoms with Crippen molar-refractivity contribution in [2.24, 2.45) is 0 Å². The molecular formula is C21H24F2N4O4. The molecule has 2 amide bonds. The fourth-order valence-corrected chi connectivity index (χ4v) is 3.74. The Balaban J connectivity index is 1.22. The summed E-state index contributed by atoms with van der Waals surface area (Å²) in [7, 11) is 0. The number of aromatic nitrogens is 2. The van der Waals surface area contributed by atoms with Gasteiger partial charge in [0, 0.05) is 24.1 Å².